The van der Waals surface area contributed by atoms with E-state index in [1.165, 1.54) is 0 Å². The first-order chi connectivity index (χ1) is 7.58. The predicted molar refractivity (Wildman–Crippen MR) is 62.6 cm³/mol. The van der Waals surface area contributed by atoms with Crippen LogP contribution in [-0.2, 0) is 0 Å². The van der Waals surface area contributed by atoms with Crippen LogP contribution in [0, 0.1) is 0 Å². The lowest BCUT2D eigenvalue weighted by Gasteiger charge is -2.13. The summed E-state index contributed by atoms with van der Waals surface area (Å²) in [5.41, 5.74) is 1.30. The number of anilines is 1. The van der Waals surface area contributed by atoms with Crippen molar-refractivity contribution in [3.63, 3.8) is 0 Å². The molecule has 3 heteroatoms. The van der Waals surface area contributed by atoms with Crippen LogP contribution >= 0.6 is 0 Å². The minimum Gasteiger partial charge on any atom is -0.545 e. The molecule has 0 spiro atoms. The number of benzene rings is 2. The van der Waals surface area contributed by atoms with Crippen LogP contribution in [-0.4, -0.2) is 20.1 Å². The number of carboxylic acids is 1. The summed E-state index contributed by atoms with van der Waals surface area (Å²) in [5, 5.41) is 12.6. The average Bonchev–Trinajstić information content (AvgIpc) is 2.27. The summed E-state index contributed by atoms with van der Waals surface area (Å²) in [6, 6.07) is 10.9. The van der Waals surface area contributed by atoms with Crippen molar-refractivity contribution in [2.75, 3.05) is 19.0 Å². The number of carbonyl (C=O) groups is 1. The summed E-state index contributed by atoms with van der Waals surface area (Å²) in [6.07, 6.45) is 0. The maximum Gasteiger partial charge on any atom is 0.0715 e. The molecule has 0 saturated heterocycles. The van der Waals surface area contributed by atoms with Crippen LogP contribution in [0.4, 0.5) is 5.69 Å². The Morgan fingerprint density at radius 2 is 1.69 bits per heavy atom. The second-order valence-corrected chi connectivity index (χ2v) is 3.93. The molecule has 16 heavy (non-hydrogen) atoms. The summed E-state index contributed by atoms with van der Waals surface area (Å²) >= 11 is 0. The molecule has 0 saturated carbocycles. The molecule has 0 heterocycles. The zero-order valence-electron chi connectivity index (χ0n) is 9.23. The van der Waals surface area contributed by atoms with Gasteiger partial charge in [-0.05, 0) is 34.5 Å². The van der Waals surface area contributed by atoms with Gasteiger partial charge in [0.05, 0.1) is 5.97 Å². The lowest BCUT2D eigenvalue weighted by atomic mass is 10.1. The molecule has 2 aromatic rings. The van der Waals surface area contributed by atoms with Gasteiger partial charge in [0.25, 0.3) is 0 Å². The number of fused-ring (bicyclic) bond motifs is 1. The van der Waals surface area contributed by atoms with Crippen LogP contribution in [0.3, 0.4) is 0 Å². The van der Waals surface area contributed by atoms with Crippen molar-refractivity contribution in [1.82, 2.24) is 0 Å². The highest BCUT2D eigenvalue weighted by Gasteiger charge is 2.00. The van der Waals surface area contributed by atoms with Gasteiger partial charge in [0.1, 0.15) is 0 Å². The second-order valence-electron chi connectivity index (χ2n) is 3.93. The summed E-state index contributed by atoms with van der Waals surface area (Å²) in [6.45, 7) is 0. The molecule has 2 aromatic carbocycles. The quantitative estimate of drug-likeness (QED) is 0.756. The maximum atomic E-state index is 10.7. The first kappa shape index (κ1) is 10.5. The Labute approximate surface area is 93.9 Å². The fourth-order valence-electron chi connectivity index (χ4n) is 1.64. The molecule has 0 atom stereocenters. The highest BCUT2D eigenvalue weighted by Crippen LogP contribution is 2.21. The van der Waals surface area contributed by atoms with Crippen LogP contribution in [0.15, 0.2) is 36.4 Å². The molecule has 0 N–H and O–H groups in total. The van der Waals surface area contributed by atoms with Crippen molar-refractivity contribution in [3.05, 3.63) is 42.0 Å². The third-order valence-corrected chi connectivity index (χ3v) is 2.58. The van der Waals surface area contributed by atoms with Crippen LogP contribution in [0.25, 0.3) is 10.8 Å². The Kier molecular flexibility index (Phi) is 2.52. The van der Waals surface area contributed by atoms with Crippen molar-refractivity contribution >= 4 is 22.4 Å². The van der Waals surface area contributed by atoms with Crippen molar-refractivity contribution in [2.24, 2.45) is 0 Å². The summed E-state index contributed by atoms with van der Waals surface area (Å²) in [5.74, 6) is -1.14. The molecule has 2 rings (SSSR count). The molecule has 82 valence electrons. The maximum absolute atomic E-state index is 10.7. The molecule has 3 nitrogen and oxygen atoms in total. The lowest BCUT2D eigenvalue weighted by molar-refractivity contribution is -0.255. The monoisotopic (exact) mass is 214 g/mol. The first-order valence-corrected chi connectivity index (χ1v) is 5.00. The van der Waals surface area contributed by atoms with E-state index in [1.54, 1.807) is 18.2 Å². The molecular formula is C13H12NO2-. The molecule has 0 unspecified atom stereocenters. The standard InChI is InChI=1S/C13H13NO2/c1-14(2)12-6-5-9-7-11(13(15)16)4-3-10(9)8-12/h3-8H,1-2H3,(H,15,16)/p-1. The van der Waals surface area contributed by atoms with Crippen molar-refractivity contribution in [2.45, 2.75) is 0 Å². The molecular weight excluding hydrogens is 202 g/mol. The number of carboxylic acid groups (broad SMARTS) is 1. The van der Waals surface area contributed by atoms with E-state index in [0.717, 1.165) is 16.5 Å². The predicted octanol–water partition coefficient (Wildman–Crippen LogP) is 1.27. The van der Waals surface area contributed by atoms with Crippen molar-refractivity contribution in [3.8, 4) is 0 Å². The molecule has 0 aliphatic heterocycles. The molecule has 0 aliphatic rings. The molecule has 0 aliphatic carbocycles. The summed E-state index contributed by atoms with van der Waals surface area (Å²) in [4.78, 5) is 12.7. The Morgan fingerprint density at radius 3 is 2.31 bits per heavy atom. The van der Waals surface area contributed by atoms with Gasteiger partial charge in [-0.15, -0.1) is 0 Å². The van der Waals surface area contributed by atoms with E-state index in [1.807, 2.05) is 37.2 Å². The highest BCUT2D eigenvalue weighted by molar-refractivity contribution is 5.94. The molecule has 0 radical (unpaired) electrons. The first-order valence-electron chi connectivity index (χ1n) is 5.00. The third-order valence-electron chi connectivity index (χ3n) is 2.58. The van der Waals surface area contributed by atoms with E-state index in [0.29, 0.717) is 0 Å². The number of hydrogen-bond acceptors (Lipinski definition) is 3. The second kappa shape index (κ2) is 3.85. The smallest absolute Gasteiger partial charge is 0.0715 e. The minimum absolute atomic E-state index is 0.213. The Hall–Kier alpha value is -2.03. The molecule has 0 amide bonds. The number of rotatable bonds is 2. The van der Waals surface area contributed by atoms with E-state index >= 15 is 0 Å². The molecule has 0 fully saturated rings. The van der Waals surface area contributed by atoms with E-state index in [2.05, 4.69) is 0 Å². The summed E-state index contributed by atoms with van der Waals surface area (Å²) in [7, 11) is 3.94. The van der Waals surface area contributed by atoms with Crippen molar-refractivity contribution in [1.29, 1.82) is 0 Å². The fraction of sp³-hybridized carbons (Fsp3) is 0.154. The van der Waals surface area contributed by atoms with Gasteiger partial charge >= 0.3 is 0 Å². The molecule has 0 aromatic heterocycles. The van der Waals surface area contributed by atoms with E-state index in [9.17, 15) is 9.90 Å². The average molecular weight is 214 g/mol. The van der Waals surface area contributed by atoms with Gasteiger partial charge in [0.2, 0.25) is 0 Å². The third kappa shape index (κ3) is 1.84. The van der Waals surface area contributed by atoms with Gasteiger partial charge in [-0.1, -0.05) is 18.2 Å². The Morgan fingerprint density at radius 1 is 1.06 bits per heavy atom. The van der Waals surface area contributed by atoms with E-state index < -0.39 is 5.97 Å². The Balaban J connectivity index is 2.57. The van der Waals surface area contributed by atoms with Gasteiger partial charge in [-0.2, -0.15) is 0 Å². The largest absolute Gasteiger partial charge is 0.545 e. The van der Waals surface area contributed by atoms with E-state index in [-0.39, 0.29) is 5.56 Å². The summed E-state index contributed by atoms with van der Waals surface area (Å²) < 4.78 is 0. The normalized spacial score (nSPS) is 10.4. The topological polar surface area (TPSA) is 43.4 Å². The van der Waals surface area contributed by atoms with Gasteiger partial charge in [-0.3, -0.25) is 0 Å². The molecule has 0 bridgehead atoms. The van der Waals surface area contributed by atoms with Gasteiger partial charge in [0.15, 0.2) is 0 Å². The van der Waals surface area contributed by atoms with Gasteiger partial charge < -0.3 is 14.8 Å². The van der Waals surface area contributed by atoms with Gasteiger partial charge in [-0.25, -0.2) is 0 Å². The van der Waals surface area contributed by atoms with Crippen LogP contribution < -0.4 is 10.0 Å². The zero-order chi connectivity index (χ0) is 11.7. The zero-order valence-corrected chi connectivity index (χ0v) is 9.23. The van der Waals surface area contributed by atoms with Crippen LogP contribution in [0.2, 0.25) is 0 Å². The number of hydrogen-bond donors (Lipinski definition) is 0. The van der Waals surface area contributed by atoms with Crippen LogP contribution in [0.1, 0.15) is 10.4 Å². The number of aromatic carboxylic acids is 1. The van der Waals surface area contributed by atoms with Gasteiger partial charge in [0, 0.05) is 19.8 Å². The van der Waals surface area contributed by atoms with E-state index in [4.69, 9.17) is 0 Å². The van der Waals surface area contributed by atoms with Crippen LogP contribution in [0.5, 0.6) is 0 Å². The number of carbonyl (C=O) groups excluding carboxylic acids is 1. The number of nitrogens with zero attached hydrogens (tertiary/aromatic N) is 1. The lowest BCUT2D eigenvalue weighted by Crippen LogP contribution is -2.21. The highest BCUT2D eigenvalue weighted by atomic mass is 16.4. The minimum atomic E-state index is -1.14. The fourth-order valence-corrected chi connectivity index (χ4v) is 1.64. The SMILES string of the molecule is CN(C)c1ccc2cc(C(=O)[O-])ccc2c1. The van der Waals surface area contributed by atoms with Crippen molar-refractivity contribution < 1.29 is 9.90 Å². The Bertz CT molecular complexity index is 547.